The molecule has 0 N–H and O–H groups in total. The van der Waals surface area contributed by atoms with Crippen molar-refractivity contribution in [1.82, 2.24) is 0 Å². The monoisotopic (exact) mass is 361 g/mol. The lowest BCUT2D eigenvalue weighted by Crippen LogP contribution is -1.97. The van der Waals surface area contributed by atoms with E-state index in [0.717, 1.165) is 28.3 Å². The minimum Gasteiger partial charge on any atom is -0.497 e. The Labute approximate surface area is 165 Å². The summed E-state index contributed by atoms with van der Waals surface area (Å²) in [5.74, 6) is 7.30. The van der Waals surface area contributed by atoms with Gasteiger partial charge < -0.3 is 4.74 Å². The molecule has 0 unspecified atom stereocenters. The predicted molar refractivity (Wildman–Crippen MR) is 116 cm³/mol. The molecule has 0 saturated carbocycles. The number of nitrogens with zero attached hydrogens (tertiary/aromatic N) is 1. The van der Waals surface area contributed by atoms with Crippen molar-refractivity contribution in [3.8, 4) is 17.6 Å². The van der Waals surface area contributed by atoms with Crippen LogP contribution in [0.5, 0.6) is 5.75 Å². The summed E-state index contributed by atoms with van der Waals surface area (Å²) in [6, 6.07) is 32.3. The highest BCUT2D eigenvalue weighted by Crippen LogP contribution is 2.21. The van der Waals surface area contributed by atoms with Gasteiger partial charge in [0.15, 0.2) is 0 Å². The Morgan fingerprint density at radius 1 is 0.750 bits per heavy atom. The summed E-state index contributed by atoms with van der Waals surface area (Å²) in [6.07, 6.45) is 0. The van der Waals surface area contributed by atoms with Crippen LogP contribution in [0.1, 0.15) is 11.1 Å². The number of benzene rings is 4. The van der Waals surface area contributed by atoms with Gasteiger partial charge in [0.1, 0.15) is 11.5 Å². The highest BCUT2D eigenvalue weighted by Gasteiger charge is 2.04. The first-order valence-electron chi connectivity index (χ1n) is 9.11. The molecule has 0 bridgehead atoms. The lowest BCUT2D eigenvalue weighted by Gasteiger charge is -2.04. The fraction of sp³-hybridized carbons (Fsp3) is 0.0385. The summed E-state index contributed by atoms with van der Waals surface area (Å²) < 4.78 is 5.24. The first-order valence-corrected chi connectivity index (χ1v) is 9.11. The van der Waals surface area contributed by atoms with Gasteiger partial charge in [-0.15, -0.1) is 0 Å². The second kappa shape index (κ2) is 8.24. The fourth-order valence-corrected chi connectivity index (χ4v) is 2.94. The molecule has 28 heavy (non-hydrogen) atoms. The van der Waals surface area contributed by atoms with Crippen molar-refractivity contribution in [2.75, 3.05) is 7.11 Å². The number of fused-ring (bicyclic) bond motifs is 1. The van der Waals surface area contributed by atoms with Crippen molar-refractivity contribution in [3.05, 3.63) is 108 Å². The van der Waals surface area contributed by atoms with Gasteiger partial charge in [-0.1, -0.05) is 60.5 Å². The molecule has 2 heteroatoms. The average molecular weight is 361 g/mol. The summed E-state index contributed by atoms with van der Waals surface area (Å²) in [7, 11) is 1.66. The Hall–Kier alpha value is -3.83. The minimum atomic E-state index is 0.736. The molecule has 0 atom stereocenters. The maximum absolute atomic E-state index is 5.24. The van der Waals surface area contributed by atoms with Crippen molar-refractivity contribution >= 4 is 22.2 Å². The van der Waals surface area contributed by atoms with Crippen LogP contribution in [0, 0.1) is 11.8 Å². The van der Waals surface area contributed by atoms with Crippen LogP contribution >= 0.6 is 0 Å². The van der Waals surface area contributed by atoms with E-state index in [0.29, 0.717) is 0 Å². The number of hydrogen-bond acceptors (Lipinski definition) is 2. The molecule has 0 spiro atoms. The first kappa shape index (κ1) is 17.6. The first-order chi connectivity index (χ1) is 13.8. The molecule has 134 valence electrons. The van der Waals surface area contributed by atoms with Gasteiger partial charge in [-0.25, -0.2) is 4.99 Å². The van der Waals surface area contributed by atoms with Gasteiger partial charge in [-0.2, -0.15) is 0 Å². The van der Waals surface area contributed by atoms with E-state index in [2.05, 4.69) is 42.2 Å². The molecular weight excluding hydrogens is 342 g/mol. The van der Waals surface area contributed by atoms with E-state index in [1.807, 2.05) is 66.7 Å². The number of rotatable bonds is 3. The number of aliphatic imine (C=N–C) groups is 1. The van der Waals surface area contributed by atoms with Gasteiger partial charge in [0.2, 0.25) is 0 Å². The largest absolute Gasteiger partial charge is 0.497 e. The minimum absolute atomic E-state index is 0.736. The molecule has 0 radical (unpaired) electrons. The van der Waals surface area contributed by atoms with Gasteiger partial charge >= 0.3 is 0 Å². The van der Waals surface area contributed by atoms with Crippen molar-refractivity contribution in [2.24, 2.45) is 4.99 Å². The summed E-state index contributed by atoms with van der Waals surface area (Å²) in [5, 5.41) is 2.37. The van der Waals surface area contributed by atoms with Gasteiger partial charge in [0.25, 0.3) is 0 Å². The third kappa shape index (κ3) is 4.11. The molecular formula is C26H19NO. The van der Waals surface area contributed by atoms with E-state index < -0.39 is 0 Å². The summed E-state index contributed by atoms with van der Waals surface area (Å²) in [4.78, 5) is 4.81. The number of ether oxygens (including phenoxy) is 1. The SMILES string of the molecule is COc1ccc(N=C(C#Cc2ccccc2)c2ccc3ccccc3c2)cc1. The number of methoxy groups -OCH3 is 1. The van der Waals surface area contributed by atoms with Gasteiger partial charge in [-0.3, -0.25) is 0 Å². The van der Waals surface area contributed by atoms with Crippen LogP contribution < -0.4 is 4.74 Å². The van der Waals surface area contributed by atoms with Gasteiger partial charge in [-0.05, 0) is 59.2 Å². The fourth-order valence-electron chi connectivity index (χ4n) is 2.94. The zero-order chi connectivity index (χ0) is 19.2. The standard InChI is InChI=1S/C26H19NO/c1-28-25-16-14-24(15-17-25)27-26(18-11-20-7-3-2-4-8-20)23-13-12-21-9-5-6-10-22(21)19-23/h2-10,12-17,19H,1H3. The molecule has 2 nitrogen and oxygen atoms in total. The Morgan fingerprint density at radius 3 is 2.21 bits per heavy atom. The second-order valence-corrected chi connectivity index (χ2v) is 6.34. The van der Waals surface area contributed by atoms with Crippen molar-refractivity contribution < 1.29 is 4.74 Å². The highest BCUT2D eigenvalue weighted by atomic mass is 16.5. The van der Waals surface area contributed by atoms with E-state index in [9.17, 15) is 0 Å². The van der Waals surface area contributed by atoms with Crippen LogP contribution in [-0.4, -0.2) is 12.8 Å². The lowest BCUT2D eigenvalue weighted by atomic mass is 10.0. The van der Waals surface area contributed by atoms with E-state index in [-0.39, 0.29) is 0 Å². The maximum atomic E-state index is 5.24. The number of hydrogen-bond donors (Lipinski definition) is 0. The van der Waals surface area contributed by atoms with Crippen LogP contribution in [0.4, 0.5) is 5.69 Å². The molecule has 4 aromatic carbocycles. The van der Waals surface area contributed by atoms with Crippen LogP contribution in [-0.2, 0) is 0 Å². The Balaban J connectivity index is 1.79. The molecule has 0 aliphatic rings. The molecule has 4 aromatic rings. The summed E-state index contributed by atoms with van der Waals surface area (Å²) >= 11 is 0. The molecule has 0 heterocycles. The molecule has 0 aromatic heterocycles. The maximum Gasteiger partial charge on any atom is 0.121 e. The van der Waals surface area contributed by atoms with Crippen LogP contribution in [0.25, 0.3) is 10.8 Å². The normalized spacial score (nSPS) is 11.0. The van der Waals surface area contributed by atoms with E-state index >= 15 is 0 Å². The van der Waals surface area contributed by atoms with Crippen molar-refractivity contribution in [1.29, 1.82) is 0 Å². The highest BCUT2D eigenvalue weighted by molar-refractivity contribution is 6.15. The quantitative estimate of drug-likeness (QED) is 0.323. The molecule has 0 aliphatic heterocycles. The van der Waals surface area contributed by atoms with E-state index in [1.165, 1.54) is 10.8 Å². The Kier molecular flexibility index (Phi) is 5.17. The second-order valence-electron chi connectivity index (χ2n) is 6.34. The van der Waals surface area contributed by atoms with Crippen molar-refractivity contribution in [2.45, 2.75) is 0 Å². The molecule has 4 rings (SSSR count). The molecule has 0 aliphatic carbocycles. The molecule has 0 saturated heterocycles. The zero-order valence-corrected chi connectivity index (χ0v) is 15.6. The predicted octanol–water partition coefficient (Wildman–Crippen LogP) is 6.02. The Morgan fingerprint density at radius 2 is 1.46 bits per heavy atom. The lowest BCUT2D eigenvalue weighted by molar-refractivity contribution is 0.415. The Bertz CT molecular complexity index is 1180. The van der Waals surface area contributed by atoms with E-state index in [4.69, 9.17) is 9.73 Å². The van der Waals surface area contributed by atoms with Gasteiger partial charge in [0, 0.05) is 11.1 Å². The van der Waals surface area contributed by atoms with E-state index in [1.54, 1.807) is 7.11 Å². The average Bonchev–Trinajstić information content (AvgIpc) is 2.77. The van der Waals surface area contributed by atoms with Crippen LogP contribution in [0.15, 0.2) is 102 Å². The molecule has 0 fully saturated rings. The third-order valence-corrected chi connectivity index (χ3v) is 4.44. The van der Waals surface area contributed by atoms with Gasteiger partial charge in [0.05, 0.1) is 12.8 Å². The molecule has 0 amide bonds. The van der Waals surface area contributed by atoms with Crippen LogP contribution in [0.2, 0.25) is 0 Å². The summed E-state index contributed by atoms with van der Waals surface area (Å²) in [5.41, 5.74) is 3.54. The van der Waals surface area contributed by atoms with Crippen LogP contribution in [0.3, 0.4) is 0 Å². The summed E-state index contributed by atoms with van der Waals surface area (Å²) in [6.45, 7) is 0. The van der Waals surface area contributed by atoms with Crippen molar-refractivity contribution in [3.63, 3.8) is 0 Å². The zero-order valence-electron chi connectivity index (χ0n) is 15.6. The topological polar surface area (TPSA) is 21.6 Å². The smallest absolute Gasteiger partial charge is 0.121 e. The third-order valence-electron chi connectivity index (χ3n) is 4.44.